The van der Waals surface area contributed by atoms with Crippen molar-refractivity contribution in [3.63, 3.8) is 0 Å². The Hall–Kier alpha value is -1.95. The van der Waals surface area contributed by atoms with E-state index in [1.165, 1.54) is 18.2 Å². The van der Waals surface area contributed by atoms with Crippen LogP contribution in [0.5, 0.6) is 0 Å². The summed E-state index contributed by atoms with van der Waals surface area (Å²) in [5.41, 5.74) is 0.0944. The Morgan fingerprint density at radius 3 is 2.55 bits per heavy atom. The zero-order chi connectivity index (χ0) is 15.1. The maximum absolute atomic E-state index is 13.4. The first-order valence-electron chi connectivity index (χ1n) is 6.44. The maximum atomic E-state index is 13.4. The van der Waals surface area contributed by atoms with Gasteiger partial charge in [0.1, 0.15) is 5.82 Å². The van der Waals surface area contributed by atoms with Crippen molar-refractivity contribution in [3.8, 4) is 0 Å². The van der Waals surface area contributed by atoms with Gasteiger partial charge in [0.2, 0.25) is 5.91 Å². The highest BCUT2D eigenvalue weighted by molar-refractivity contribution is 5.92. The van der Waals surface area contributed by atoms with E-state index in [1.54, 1.807) is 11.0 Å². The number of para-hydroxylation sites is 1. The van der Waals surface area contributed by atoms with Crippen molar-refractivity contribution in [3.05, 3.63) is 30.1 Å². The molecule has 0 aromatic heterocycles. The molecule has 2 N–H and O–H groups in total. The van der Waals surface area contributed by atoms with Gasteiger partial charge in [0.05, 0.1) is 18.8 Å². The monoisotopic (exact) mass is 282 g/mol. The number of carboxylic acid groups (broad SMARTS) is 1. The molecule has 1 aromatic rings. The average molecular weight is 282 g/mol. The quantitative estimate of drug-likeness (QED) is 0.802. The number of anilines is 1. The fraction of sp³-hybridized carbons (Fsp3) is 0.429. The number of nitrogens with zero attached hydrogens (tertiary/aromatic N) is 1. The predicted molar refractivity (Wildman–Crippen MR) is 74.0 cm³/mol. The molecule has 0 aliphatic heterocycles. The third kappa shape index (κ3) is 4.97. The van der Waals surface area contributed by atoms with E-state index in [2.05, 4.69) is 5.32 Å². The van der Waals surface area contributed by atoms with Gasteiger partial charge in [0.15, 0.2) is 0 Å². The van der Waals surface area contributed by atoms with Gasteiger partial charge in [-0.1, -0.05) is 19.1 Å². The Morgan fingerprint density at radius 1 is 1.35 bits per heavy atom. The van der Waals surface area contributed by atoms with Crippen LogP contribution in [0.2, 0.25) is 0 Å². The first-order chi connectivity index (χ1) is 9.43. The lowest BCUT2D eigenvalue weighted by molar-refractivity contribution is -0.139. The molecule has 0 aliphatic rings. The van der Waals surface area contributed by atoms with E-state index in [4.69, 9.17) is 5.11 Å². The molecule has 0 fully saturated rings. The van der Waals surface area contributed by atoms with E-state index in [0.29, 0.717) is 0 Å². The minimum atomic E-state index is -0.996. The highest BCUT2D eigenvalue weighted by Crippen LogP contribution is 2.12. The summed E-state index contributed by atoms with van der Waals surface area (Å²) >= 11 is 0. The average Bonchev–Trinajstić information content (AvgIpc) is 2.39. The zero-order valence-corrected chi connectivity index (χ0v) is 11.6. The fourth-order valence-electron chi connectivity index (χ4n) is 1.74. The third-order valence-corrected chi connectivity index (χ3v) is 3.05. The van der Waals surface area contributed by atoms with Crippen molar-refractivity contribution >= 4 is 17.6 Å². The lowest BCUT2D eigenvalue weighted by Gasteiger charge is -2.25. The number of rotatable bonds is 7. The molecular weight excluding hydrogens is 263 g/mol. The predicted octanol–water partition coefficient (Wildman–Crippen LogP) is 1.95. The summed E-state index contributed by atoms with van der Waals surface area (Å²) in [6.45, 7) is 3.45. The van der Waals surface area contributed by atoms with Crippen molar-refractivity contribution in [2.45, 2.75) is 26.3 Å². The molecule has 0 spiro atoms. The SMILES string of the molecule is CCC(C)N(CC(=O)O)CC(=O)Nc1ccccc1F. The molecule has 0 heterocycles. The Balaban J connectivity index is 2.66. The van der Waals surface area contributed by atoms with Gasteiger partial charge >= 0.3 is 5.97 Å². The number of halogens is 1. The fourth-order valence-corrected chi connectivity index (χ4v) is 1.74. The lowest BCUT2D eigenvalue weighted by Crippen LogP contribution is -2.42. The molecule has 1 aromatic carbocycles. The summed E-state index contributed by atoms with van der Waals surface area (Å²) in [6.07, 6.45) is 0.722. The van der Waals surface area contributed by atoms with Gasteiger partial charge in [-0.05, 0) is 25.5 Å². The van der Waals surface area contributed by atoms with Gasteiger partial charge in [0, 0.05) is 6.04 Å². The highest BCUT2D eigenvalue weighted by atomic mass is 19.1. The number of amides is 1. The Labute approximate surface area is 117 Å². The summed E-state index contributed by atoms with van der Waals surface area (Å²) in [5.74, 6) is -1.95. The van der Waals surface area contributed by atoms with Gasteiger partial charge in [-0.25, -0.2) is 4.39 Å². The molecule has 0 radical (unpaired) electrons. The van der Waals surface area contributed by atoms with E-state index >= 15 is 0 Å². The van der Waals surface area contributed by atoms with Crippen LogP contribution in [0.25, 0.3) is 0 Å². The second-order valence-electron chi connectivity index (χ2n) is 4.58. The number of benzene rings is 1. The van der Waals surface area contributed by atoms with Crippen LogP contribution >= 0.6 is 0 Å². The van der Waals surface area contributed by atoms with Crippen molar-refractivity contribution < 1.29 is 19.1 Å². The van der Waals surface area contributed by atoms with Crippen LogP contribution in [0.1, 0.15) is 20.3 Å². The molecule has 20 heavy (non-hydrogen) atoms. The van der Waals surface area contributed by atoms with E-state index in [9.17, 15) is 14.0 Å². The van der Waals surface area contributed by atoms with E-state index in [0.717, 1.165) is 6.42 Å². The molecule has 0 aliphatic carbocycles. The lowest BCUT2D eigenvalue weighted by atomic mass is 10.2. The molecular formula is C14H19FN2O3. The van der Waals surface area contributed by atoms with Gasteiger partial charge in [-0.15, -0.1) is 0 Å². The second kappa shape index (κ2) is 7.59. The van der Waals surface area contributed by atoms with E-state index < -0.39 is 17.7 Å². The third-order valence-electron chi connectivity index (χ3n) is 3.05. The number of carbonyl (C=O) groups excluding carboxylic acids is 1. The highest BCUT2D eigenvalue weighted by Gasteiger charge is 2.19. The molecule has 1 atom stereocenters. The van der Waals surface area contributed by atoms with Crippen LogP contribution in [0.4, 0.5) is 10.1 Å². The van der Waals surface area contributed by atoms with Gasteiger partial charge in [-0.3, -0.25) is 14.5 Å². The smallest absolute Gasteiger partial charge is 0.317 e. The van der Waals surface area contributed by atoms with E-state index in [-0.39, 0.29) is 24.8 Å². The first kappa shape index (κ1) is 16.1. The molecule has 1 unspecified atom stereocenters. The van der Waals surface area contributed by atoms with Crippen LogP contribution in [-0.4, -0.2) is 41.0 Å². The van der Waals surface area contributed by atoms with Gasteiger partial charge < -0.3 is 10.4 Å². The zero-order valence-electron chi connectivity index (χ0n) is 11.6. The number of carboxylic acids is 1. The number of hydrogen-bond acceptors (Lipinski definition) is 3. The first-order valence-corrected chi connectivity index (χ1v) is 6.44. The van der Waals surface area contributed by atoms with Gasteiger partial charge in [0.25, 0.3) is 0 Å². The molecule has 6 heteroatoms. The Kier molecular flexibility index (Phi) is 6.11. The summed E-state index contributed by atoms with van der Waals surface area (Å²) in [4.78, 5) is 24.2. The van der Waals surface area contributed by atoms with Crippen LogP contribution < -0.4 is 5.32 Å². The summed E-state index contributed by atoms with van der Waals surface area (Å²) < 4.78 is 13.4. The van der Waals surface area contributed by atoms with Crippen molar-refractivity contribution in [1.82, 2.24) is 4.90 Å². The number of hydrogen-bond donors (Lipinski definition) is 2. The molecule has 1 rings (SSSR count). The molecule has 1 amide bonds. The summed E-state index contributed by atoms with van der Waals surface area (Å²) in [5, 5.41) is 11.3. The molecule has 110 valence electrons. The van der Waals surface area contributed by atoms with Crippen LogP contribution in [0, 0.1) is 5.82 Å². The van der Waals surface area contributed by atoms with Crippen molar-refractivity contribution in [2.75, 3.05) is 18.4 Å². The molecule has 0 saturated heterocycles. The Morgan fingerprint density at radius 2 is 2.00 bits per heavy atom. The Bertz CT molecular complexity index is 479. The topological polar surface area (TPSA) is 69.6 Å². The normalized spacial score (nSPS) is 12.2. The van der Waals surface area contributed by atoms with Crippen molar-refractivity contribution in [1.29, 1.82) is 0 Å². The van der Waals surface area contributed by atoms with Crippen LogP contribution in [0.15, 0.2) is 24.3 Å². The standard InChI is InChI=1S/C14H19FN2O3/c1-3-10(2)17(9-14(19)20)8-13(18)16-12-7-5-4-6-11(12)15/h4-7,10H,3,8-9H2,1-2H3,(H,16,18)(H,19,20). The largest absolute Gasteiger partial charge is 0.480 e. The molecule has 0 bridgehead atoms. The maximum Gasteiger partial charge on any atom is 0.317 e. The number of nitrogens with one attached hydrogen (secondary N) is 1. The van der Waals surface area contributed by atoms with Crippen LogP contribution in [0.3, 0.4) is 0 Å². The molecule has 0 saturated carbocycles. The summed E-state index contributed by atoms with van der Waals surface area (Å²) in [6, 6.07) is 5.80. The van der Waals surface area contributed by atoms with Crippen molar-refractivity contribution in [2.24, 2.45) is 0 Å². The number of carbonyl (C=O) groups is 2. The second-order valence-corrected chi connectivity index (χ2v) is 4.58. The summed E-state index contributed by atoms with van der Waals surface area (Å²) in [7, 11) is 0. The van der Waals surface area contributed by atoms with E-state index in [1.807, 2.05) is 13.8 Å². The minimum Gasteiger partial charge on any atom is -0.480 e. The number of aliphatic carboxylic acids is 1. The van der Waals surface area contributed by atoms with Crippen LogP contribution in [-0.2, 0) is 9.59 Å². The van der Waals surface area contributed by atoms with Gasteiger partial charge in [-0.2, -0.15) is 0 Å². The minimum absolute atomic E-state index is 0.0440. The molecule has 5 nitrogen and oxygen atoms in total.